The van der Waals surface area contributed by atoms with E-state index in [4.69, 9.17) is 14.2 Å². The molecule has 0 saturated heterocycles. The van der Waals surface area contributed by atoms with Crippen LogP contribution in [0.4, 0.5) is 0 Å². The maximum Gasteiger partial charge on any atom is 0.306 e. The van der Waals surface area contributed by atoms with Gasteiger partial charge in [0.2, 0.25) is 0 Å². The molecule has 0 aliphatic carbocycles. The van der Waals surface area contributed by atoms with Gasteiger partial charge in [0.25, 0.3) is 0 Å². The fourth-order valence-corrected chi connectivity index (χ4v) is 9.62. The second-order valence-electron chi connectivity index (χ2n) is 22.4. The van der Waals surface area contributed by atoms with Crippen LogP contribution in [0, 0.1) is 0 Å². The van der Waals surface area contributed by atoms with E-state index in [-0.39, 0.29) is 31.1 Å². The minimum Gasteiger partial charge on any atom is -0.462 e. The van der Waals surface area contributed by atoms with E-state index in [0.29, 0.717) is 19.3 Å². The van der Waals surface area contributed by atoms with Crippen molar-refractivity contribution in [2.45, 2.75) is 341 Å². The molecule has 0 amide bonds. The maximum atomic E-state index is 12.9. The molecular formula is C72H126O6. The first-order valence-corrected chi connectivity index (χ1v) is 33.6. The first-order chi connectivity index (χ1) is 38.5. The minimum absolute atomic E-state index is 0.0800. The molecule has 0 heterocycles. The Kier molecular flexibility index (Phi) is 63.2. The monoisotopic (exact) mass is 1090 g/mol. The lowest BCUT2D eigenvalue weighted by molar-refractivity contribution is -0.167. The van der Waals surface area contributed by atoms with Crippen molar-refractivity contribution >= 4 is 17.9 Å². The Bertz CT molecular complexity index is 1480. The van der Waals surface area contributed by atoms with Gasteiger partial charge in [-0.3, -0.25) is 14.4 Å². The highest BCUT2D eigenvalue weighted by atomic mass is 16.6. The Labute approximate surface area is 484 Å². The van der Waals surface area contributed by atoms with E-state index < -0.39 is 6.10 Å². The quantitative estimate of drug-likeness (QED) is 0.0261. The Balaban J connectivity index is 4.07. The van der Waals surface area contributed by atoms with Gasteiger partial charge in [0, 0.05) is 19.3 Å². The maximum absolute atomic E-state index is 12.9. The molecule has 0 aliphatic heterocycles. The van der Waals surface area contributed by atoms with E-state index in [2.05, 4.69) is 106 Å². The van der Waals surface area contributed by atoms with Crippen LogP contribution in [0.25, 0.3) is 0 Å². The predicted octanol–water partition coefficient (Wildman–Crippen LogP) is 23.1. The number of allylic oxidation sites excluding steroid dienone is 14. The normalized spacial score (nSPS) is 12.6. The summed E-state index contributed by atoms with van der Waals surface area (Å²) in [5.74, 6) is -0.892. The number of hydrogen-bond acceptors (Lipinski definition) is 6. The van der Waals surface area contributed by atoms with Gasteiger partial charge >= 0.3 is 17.9 Å². The van der Waals surface area contributed by atoms with Gasteiger partial charge in [-0.1, -0.05) is 305 Å². The van der Waals surface area contributed by atoms with Gasteiger partial charge in [0.15, 0.2) is 6.10 Å². The van der Waals surface area contributed by atoms with Crippen LogP contribution in [0.5, 0.6) is 0 Å². The lowest BCUT2D eigenvalue weighted by atomic mass is 10.0. The zero-order valence-electron chi connectivity index (χ0n) is 51.7. The van der Waals surface area contributed by atoms with Gasteiger partial charge in [-0.2, -0.15) is 0 Å². The number of carbonyl (C=O) groups is 3. The Morgan fingerprint density at radius 3 is 0.795 bits per heavy atom. The third-order valence-corrected chi connectivity index (χ3v) is 14.6. The molecular weight excluding hydrogens is 961 g/mol. The summed E-state index contributed by atoms with van der Waals surface area (Å²) >= 11 is 0. The van der Waals surface area contributed by atoms with Crippen molar-refractivity contribution in [2.75, 3.05) is 13.2 Å². The van der Waals surface area contributed by atoms with Crippen LogP contribution >= 0.6 is 0 Å². The molecule has 6 nitrogen and oxygen atoms in total. The van der Waals surface area contributed by atoms with Crippen molar-refractivity contribution in [3.05, 3.63) is 85.1 Å². The van der Waals surface area contributed by atoms with Crippen LogP contribution in [0.15, 0.2) is 85.1 Å². The van der Waals surface area contributed by atoms with Crippen LogP contribution in [-0.2, 0) is 28.6 Å². The van der Waals surface area contributed by atoms with E-state index in [1.54, 1.807) is 0 Å². The molecule has 0 N–H and O–H groups in total. The van der Waals surface area contributed by atoms with Gasteiger partial charge in [0.1, 0.15) is 13.2 Å². The SMILES string of the molecule is CC/C=C\C/C=C\C/C=C\C/C=C\C/C=C\C/C=C\CCCCCCCCC(=O)OC(COC(=O)CCCCCCCC)COC(=O)CCCCCCCCCCCCCCCCCCC/C=C\CCCCCCCCCC. The molecule has 0 aliphatic rings. The summed E-state index contributed by atoms with van der Waals surface area (Å²) in [7, 11) is 0. The van der Waals surface area contributed by atoms with E-state index in [9.17, 15) is 14.4 Å². The van der Waals surface area contributed by atoms with Crippen LogP contribution < -0.4 is 0 Å². The Hall–Kier alpha value is -3.41. The second kappa shape index (κ2) is 66.1. The molecule has 78 heavy (non-hydrogen) atoms. The third kappa shape index (κ3) is 63.4. The average Bonchev–Trinajstić information content (AvgIpc) is 3.44. The molecule has 0 aromatic heterocycles. The molecule has 1 unspecified atom stereocenters. The molecule has 0 aromatic carbocycles. The highest BCUT2D eigenvalue weighted by Gasteiger charge is 2.19. The second-order valence-corrected chi connectivity index (χ2v) is 22.4. The summed E-state index contributed by atoms with van der Waals surface area (Å²) in [6.45, 7) is 6.49. The summed E-state index contributed by atoms with van der Waals surface area (Å²) in [6.07, 6.45) is 87.9. The number of hydrogen-bond donors (Lipinski definition) is 0. The van der Waals surface area contributed by atoms with Gasteiger partial charge < -0.3 is 14.2 Å². The molecule has 0 radical (unpaired) electrons. The van der Waals surface area contributed by atoms with E-state index in [1.807, 2.05) is 0 Å². The third-order valence-electron chi connectivity index (χ3n) is 14.6. The molecule has 6 heteroatoms. The number of rotatable bonds is 61. The molecule has 450 valence electrons. The largest absolute Gasteiger partial charge is 0.462 e. The minimum atomic E-state index is -0.782. The fraction of sp³-hybridized carbons (Fsp3) is 0.764. The summed E-state index contributed by atoms with van der Waals surface area (Å²) < 4.78 is 16.8. The molecule has 0 aromatic rings. The molecule has 0 fully saturated rings. The van der Waals surface area contributed by atoms with Crippen LogP contribution in [0.2, 0.25) is 0 Å². The Morgan fingerprint density at radius 2 is 0.500 bits per heavy atom. The lowest BCUT2D eigenvalue weighted by Gasteiger charge is -2.18. The standard InChI is InChI=1S/C72H126O6/c1-4-7-10-13-16-18-20-22-24-26-28-30-32-34-35-36-37-39-40-42-44-46-48-50-52-54-56-59-62-65-71(74)77-68-69(67-76-70(73)64-61-58-15-12-9-6-3)78-72(75)66-63-60-57-55-53-51-49-47-45-43-41-38-33-31-29-27-25-23-21-19-17-14-11-8-5-2/h8,11,17,19,23,25-26,28-29,31,38,41,45,47,69H,4-7,9-10,12-16,18,20-22,24,27,30,32-37,39-40,42-44,46,48-68H2,1-3H3/b11-8-,19-17-,25-23-,28-26-,31-29-,41-38-,47-45-. The molecule has 0 saturated carbocycles. The summed E-state index contributed by atoms with van der Waals surface area (Å²) in [5, 5.41) is 0. The van der Waals surface area contributed by atoms with Crippen molar-refractivity contribution in [3.8, 4) is 0 Å². The van der Waals surface area contributed by atoms with E-state index >= 15 is 0 Å². The van der Waals surface area contributed by atoms with Crippen LogP contribution in [0.3, 0.4) is 0 Å². The van der Waals surface area contributed by atoms with Crippen molar-refractivity contribution in [1.82, 2.24) is 0 Å². The number of ether oxygens (including phenoxy) is 3. The van der Waals surface area contributed by atoms with Crippen molar-refractivity contribution in [3.63, 3.8) is 0 Å². The smallest absolute Gasteiger partial charge is 0.306 e. The van der Waals surface area contributed by atoms with E-state index in [0.717, 1.165) is 109 Å². The van der Waals surface area contributed by atoms with Crippen molar-refractivity contribution < 1.29 is 28.6 Å². The first kappa shape index (κ1) is 74.6. The highest BCUT2D eigenvalue weighted by molar-refractivity contribution is 5.71. The first-order valence-electron chi connectivity index (χ1n) is 33.6. The van der Waals surface area contributed by atoms with Gasteiger partial charge in [-0.05, 0) is 96.3 Å². The van der Waals surface area contributed by atoms with Gasteiger partial charge in [-0.15, -0.1) is 0 Å². The van der Waals surface area contributed by atoms with Crippen LogP contribution in [-0.4, -0.2) is 37.2 Å². The summed E-state index contributed by atoms with van der Waals surface area (Å²) in [5.41, 5.74) is 0. The molecule has 1 atom stereocenters. The van der Waals surface area contributed by atoms with Gasteiger partial charge in [-0.25, -0.2) is 0 Å². The Morgan fingerprint density at radius 1 is 0.269 bits per heavy atom. The van der Waals surface area contributed by atoms with Crippen LogP contribution in [0.1, 0.15) is 335 Å². The fourth-order valence-electron chi connectivity index (χ4n) is 9.62. The highest BCUT2D eigenvalue weighted by Crippen LogP contribution is 2.17. The number of esters is 3. The molecule has 0 rings (SSSR count). The number of unbranched alkanes of at least 4 members (excludes halogenated alkanes) is 36. The number of carbonyl (C=O) groups excluding carboxylic acids is 3. The van der Waals surface area contributed by atoms with Crippen molar-refractivity contribution in [2.24, 2.45) is 0 Å². The van der Waals surface area contributed by atoms with Gasteiger partial charge in [0.05, 0.1) is 0 Å². The predicted molar refractivity (Wildman–Crippen MR) is 339 cm³/mol. The zero-order valence-corrected chi connectivity index (χ0v) is 51.7. The van der Waals surface area contributed by atoms with E-state index in [1.165, 1.54) is 186 Å². The average molecular weight is 1090 g/mol. The zero-order chi connectivity index (χ0) is 56.4. The molecule has 0 spiro atoms. The summed E-state index contributed by atoms with van der Waals surface area (Å²) in [6, 6.07) is 0. The topological polar surface area (TPSA) is 78.9 Å². The summed E-state index contributed by atoms with van der Waals surface area (Å²) in [4.78, 5) is 38.1. The lowest BCUT2D eigenvalue weighted by Crippen LogP contribution is -2.30. The van der Waals surface area contributed by atoms with Crippen molar-refractivity contribution in [1.29, 1.82) is 0 Å². The molecule has 0 bridgehead atoms.